The van der Waals surface area contributed by atoms with Crippen molar-refractivity contribution in [3.05, 3.63) is 48.0 Å². The van der Waals surface area contributed by atoms with Crippen molar-refractivity contribution in [3.63, 3.8) is 0 Å². The molecule has 2 aliphatic carbocycles. The van der Waals surface area contributed by atoms with Crippen molar-refractivity contribution in [1.29, 1.82) is 0 Å². The van der Waals surface area contributed by atoms with Gasteiger partial charge in [-0.3, -0.25) is 0 Å². The normalized spacial score (nSPS) is 13.9. The number of rotatable bonds is 10. The second-order valence-electron chi connectivity index (χ2n) is 8.91. The molecular formula is C23H40Cl2O4Si2Zr-2. The number of allylic oxidation sites excluding steroid dienone is 6. The van der Waals surface area contributed by atoms with E-state index >= 15 is 0 Å². The maximum absolute atomic E-state index is 5.64. The first-order valence-corrected chi connectivity index (χ1v) is 18.5. The zero-order valence-corrected chi connectivity index (χ0v) is 26.9. The molecule has 2 aliphatic rings. The first kappa shape index (κ1) is 36.8. The molecule has 0 aliphatic heterocycles. The summed E-state index contributed by atoms with van der Waals surface area (Å²) in [6, 6.07) is 0. The molecule has 0 bridgehead atoms. The SMILES string of the molecule is C[C](C)=[Zr+2].C[Si](C)(C)OCCOC1=[C-]CC=C1.C[Si](C)(C)OCCOC1=[C-]CC=C1.[Cl-].[Cl-]. The zero-order chi connectivity index (χ0) is 23.0. The Morgan fingerprint density at radius 1 is 0.750 bits per heavy atom. The molecule has 184 valence electrons. The molecular weight excluding hydrogens is 559 g/mol. The van der Waals surface area contributed by atoms with Crippen LogP contribution in [0.4, 0.5) is 0 Å². The van der Waals surface area contributed by atoms with Crippen LogP contribution in [0.5, 0.6) is 0 Å². The van der Waals surface area contributed by atoms with Gasteiger partial charge in [-0.2, -0.15) is 24.3 Å². The van der Waals surface area contributed by atoms with Crippen LogP contribution in [0.25, 0.3) is 0 Å². The van der Waals surface area contributed by atoms with Crippen LogP contribution in [-0.4, -0.2) is 46.3 Å². The van der Waals surface area contributed by atoms with Crippen LogP contribution in [0.1, 0.15) is 26.7 Å². The molecule has 0 amide bonds. The Balaban J connectivity index is -0.000000428. The van der Waals surface area contributed by atoms with Gasteiger partial charge in [0.25, 0.3) is 0 Å². The molecule has 0 saturated carbocycles. The van der Waals surface area contributed by atoms with Gasteiger partial charge in [0.15, 0.2) is 16.6 Å². The van der Waals surface area contributed by atoms with Gasteiger partial charge in [-0.25, -0.2) is 12.2 Å². The van der Waals surface area contributed by atoms with E-state index in [9.17, 15) is 0 Å². The molecule has 0 N–H and O–H groups in total. The summed E-state index contributed by atoms with van der Waals surface area (Å²) in [4.78, 5) is 0. The average Bonchev–Trinajstić information content (AvgIpc) is 3.28. The molecule has 0 aromatic heterocycles. The monoisotopic (exact) mass is 596 g/mol. The van der Waals surface area contributed by atoms with Crippen molar-refractivity contribution in [1.82, 2.24) is 0 Å². The van der Waals surface area contributed by atoms with Gasteiger partial charge >= 0.3 is 41.3 Å². The topological polar surface area (TPSA) is 36.9 Å². The maximum atomic E-state index is 5.64. The minimum Gasteiger partial charge on any atom is -1.00 e. The standard InChI is InChI=1S/2C10H17O2Si.C3H6.2ClH.Zr/c2*1-13(2,3)12-9-8-11-10-6-4-5-7-10;1-3-2;;;/h2*4,6H,5,8-9H2,1-3H3;1-2H3;2*1H;/q2*-1;;;;+2/p-2. The van der Waals surface area contributed by atoms with Gasteiger partial charge in [0, 0.05) is 0 Å². The summed E-state index contributed by atoms with van der Waals surface area (Å²) in [6.07, 6.45) is 15.9. The number of hydrogen-bond acceptors (Lipinski definition) is 4. The summed E-state index contributed by atoms with van der Waals surface area (Å²) >= 11 is 1.55. The first-order chi connectivity index (χ1) is 13.9. The van der Waals surface area contributed by atoms with Crippen LogP contribution >= 0.6 is 0 Å². The number of ether oxygens (including phenoxy) is 2. The predicted octanol–water partition coefficient (Wildman–Crippen LogP) is -0.244. The smallest absolute Gasteiger partial charge is 0.183 e. The molecule has 0 unspecified atom stereocenters. The minimum atomic E-state index is -1.36. The predicted molar refractivity (Wildman–Crippen MR) is 128 cm³/mol. The van der Waals surface area contributed by atoms with E-state index in [1.54, 1.807) is 24.2 Å². The summed E-state index contributed by atoms with van der Waals surface area (Å²) in [5.41, 5.74) is 0. The Hall–Kier alpha value is 0.247. The van der Waals surface area contributed by atoms with E-state index in [-0.39, 0.29) is 24.8 Å². The molecule has 0 heterocycles. The van der Waals surface area contributed by atoms with Crippen LogP contribution in [0.2, 0.25) is 39.3 Å². The van der Waals surface area contributed by atoms with Gasteiger partial charge < -0.3 is 43.1 Å². The summed E-state index contributed by atoms with van der Waals surface area (Å²) in [5, 5.41) is 0. The molecule has 0 radical (unpaired) electrons. The Morgan fingerprint density at radius 3 is 1.28 bits per heavy atom. The van der Waals surface area contributed by atoms with Crippen molar-refractivity contribution in [2.45, 2.75) is 66.0 Å². The first-order valence-electron chi connectivity index (χ1n) is 10.5. The van der Waals surface area contributed by atoms with Crippen molar-refractivity contribution in [2.24, 2.45) is 0 Å². The van der Waals surface area contributed by atoms with Gasteiger partial charge in [0.05, 0.1) is 13.2 Å². The van der Waals surface area contributed by atoms with E-state index in [1.165, 1.54) is 3.21 Å². The molecule has 0 aromatic rings. The van der Waals surface area contributed by atoms with Crippen molar-refractivity contribution < 1.29 is 67.4 Å². The third kappa shape index (κ3) is 28.3. The van der Waals surface area contributed by atoms with Gasteiger partial charge in [0.2, 0.25) is 0 Å². The van der Waals surface area contributed by atoms with E-state index in [2.05, 4.69) is 65.3 Å². The third-order valence-electron chi connectivity index (χ3n) is 3.08. The van der Waals surface area contributed by atoms with E-state index in [4.69, 9.17) is 18.3 Å². The van der Waals surface area contributed by atoms with Gasteiger partial charge in [-0.1, -0.05) is 11.5 Å². The fourth-order valence-electron chi connectivity index (χ4n) is 1.97. The summed E-state index contributed by atoms with van der Waals surface area (Å²) in [6.45, 7) is 19.9. The molecule has 2 rings (SSSR count). The Morgan fingerprint density at radius 2 is 1.06 bits per heavy atom. The van der Waals surface area contributed by atoms with Crippen LogP contribution in [0.3, 0.4) is 0 Å². The molecule has 0 atom stereocenters. The minimum absolute atomic E-state index is 0. The Bertz CT molecular complexity index is 570. The van der Waals surface area contributed by atoms with Crippen molar-refractivity contribution >= 4 is 19.8 Å². The van der Waals surface area contributed by atoms with Gasteiger partial charge in [-0.05, 0) is 39.3 Å². The van der Waals surface area contributed by atoms with E-state index in [0.29, 0.717) is 26.4 Å². The molecule has 0 saturated heterocycles. The van der Waals surface area contributed by atoms with Crippen LogP contribution < -0.4 is 24.8 Å². The molecule has 0 aromatic carbocycles. The fourth-order valence-corrected chi connectivity index (χ4v) is 3.36. The van der Waals surface area contributed by atoms with Crippen LogP contribution in [-0.2, 0) is 42.6 Å². The largest absolute Gasteiger partial charge is 1.00 e. The Kier molecular flexibility index (Phi) is 23.7. The van der Waals surface area contributed by atoms with Crippen LogP contribution in [0, 0.1) is 12.2 Å². The van der Waals surface area contributed by atoms with Crippen molar-refractivity contribution in [3.8, 4) is 0 Å². The van der Waals surface area contributed by atoms with Gasteiger partial charge in [0.1, 0.15) is 13.2 Å². The molecule has 0 spiro atoms. The summed E-state index contributed by atoms with van der Waals surface area (Å²) in [5.74, 6) is 1.72. The average molecular weight is 599 g/mol. The quantitative estimate of drug-likeness (QED) is 0.198. The van der Waals surface area contributed by atoms with Gasteiger partial charge in [-0.15, -0.1) is 12.8 Å². The molecule has 9 heteroatoms. The zero-order valence-electron chi connectivity index (χ0n) is 20.9. The molecule has 32 heavy (non-hydrogen) atoms. The number of hydrogen-bond donors (Lipinski definition) is 0. The molecule has 4 nitrogen and oxygen atoms in total. The van der Waals surface area contributed by atoms with E-state index < -0.39 is 16.6 Å². The summed E-state index contributed by atoms with van der Waals surface area (Å²) in [7, 11) is -2.72. The van der Waals surface area contributed by atoms with Crippen molar-refractivity contribution in [2.75, 3.05) is 26.4 Å². The van der Waals surface area contributed by atoms with E-state index in [0.717, 1.165) is 24.4 Å². The maximum Gasteiger partial charge on any atom is 0.183 e. The third-order valence-corrected chi connectivity index (χ3v) is 5.22. The summed E-state index contributed by atoms with van der Waals surface area (Å²) < 4.78 is 23.6. The fraction of sp³-hybridized carbons (Fsp3) is 0.609. The Labute approximate surface area is 226 Å². The van der Waals surface area contributed by atoms with E-state index in [1.807, 2.05) is 24.3 Å². The second kappa shape index (κ2) is 20.6. The molecule has 0 fully saturated rings. The second-order valence-corrected chi connectivity index (χ2v) is 20.4. The number of halogens is 2. The van der Waals surface area contributed by atoms with Crippen LogP contribution in [0.15, 0.2) is 35.8 Å².